The Kier molecular flexibility index (Phi) is 6.99. The van der Waals surface area contributed by atoms with Gasteiger partial charge in [0.15, 0.2) is 11.6 Å². The molecule has 0 amide bonds. The molecular formula is C28H25F3O2. The Labute approximate surface area is 192 Å². The highest BCUT2D eigenvalue weighted by Gasteiger charge is 2.23. The van der Waals surface area contributed by atoms with E-state index in [0.717, 1.165) is 12.0 Å². The fraction of sp³-hybridized carbons (Fsp3) is 0.214. The Hall–Kier alpha value is -3.31. The van der Waals surface area contributed by atoms with Crippen molar-refractivity contribution in [3.8, 4) is 28.0 Å². The van der Waals surface area contributed by atoms with Crippen molar-refractivity contribution < 1.29 is 22.6 Å². The minimum atomic E-state index is -0.899. The van der Waals surface area contributed by atoms with Crippen molar-refractivity contribution >= 4 is 6.08 Å². The summed E-state index contributed by atoms with van der Waals surface area (Å²) in [5, 5.41) is 0. The molecule has 0 aromatic heterocycles. The first-order chi connectivity index (χ1) is 16.0. The van der Waals surface area contributed by atoms with Gasteiger partial charge in [-0.2, -0.15) is 0 Å². The maximum atomic E-state index is 14.9. The average molecular weight is 451 g/mol. The van der Waals surface area contributed by atoms with E-state index in [1.807, 2.05) is 0 Å². The standard InChI is InChI=1S/C28H25F3O2/c1-3-18-4-7-20(8-5-18)23-13-14-24(28(31)27(23)30)21-9-11-22(12-10-21)33-17-19-6-15-26(32-2)25(29)16-19/h3-5,7-14,16,19,26H,1,6,15,17H2,2H3. The second-order valence-electron chi connectivity index (χ2n) is 8.06. The third kappa shape index (κ3) is 5.04. The van der Waals surface area contributed by atoms with Gasteiger partial charge in [0.2, 0.25) is 0 Å². The first-order valence-electron chi connectivity index (χ1n) is 10.8. The van der Waals surface area contributed by atoms with Gasteiger partial charge in [-0.05, 0) is 47.7 Å². The van der Waals surface area contributed by atoms with Crippen LogP contribution in [-0.2, 0) is 4.74 Å². The second-order valence-corrected chi connectivity index (χ2v) is 8.06. The molecule has 2 atom stereocenters. The van der Waals surface area contributed by atoms with E-state index in [-0.39, 0.29) is 22.9 Å². The Morgan fingerprint density at radius 3 is 1.94 bits per heavy atom. The summed E-state index contributed by atoms with van der Waals surface area (Å²) in [6, 6.07) is 17.0. The number of hydrogen-bond donors (Lipinski definition) is 0. The Balaban J connectivity index is 1.47. The number of rotatable bonds is 7. The number of hydrogen-bond acceptors (Lipinski definition) is 2. The van der Waals surface area contributed by atoms with Gasteiger partial charge >= 0.3 is 0 Å². The van der Waals surface area contributed by atoms with E-state index in [4.69, 9.17) is 9.47 Å². The van der Waals surface area contributed by atoms with E-state index in [2.05, 4.69) is 6.58 Å². The Morgan fingerprint density at radius 1 is 0.848 bits per heavy atom. The minimum Gasteiger partial charge on any atom is -0.493 e. The van der Waals surface area contributed by atoms with Crippen LogP contribution < -0.4 is 4.74 Å². The van der Waals surface area contributed by atoms with Crippen molar-refractivity contribution in [2.24, 2.45) is 5.92 Å². The summed E-state index contributed by atoms with van der Waals surface area (Å²) in [5.41, 5.74) is 2.42. The summed E-state index contributed by atoms with van der Waals surface area (Å²) >= 11 is 0. The maximum Gasteiger partial charge on any atom is 0.167 e. The largest absolute Gasteiger partial charge is 0.493 e. The first kappa shape index (κ1) is 22.9. The molecule has 0 saturated heterocycles. The van der Waals surface area contributed by atoms with Crippen LogP contribution in [0.25, 0.3) is 28.3 Å². The molecule has 0 spiro atoms. The van der Waals surface area contributed by atoms with Crippen LogP contribution in [0, 0.1) is 17.6 Å². The van der Waals surface area contributed by atoms with Crippen LogP contribution in [0.4, 0.5) is 13.2 Å². The molecule has 0 radical (unpaired) electrons. The molecule has 2 unspecified atom stereocenters. The van der Waals surface area contributed by atoms with Crippen molar-refractivity contribution in [3.05, 3.63) is 96.3 Å². The molecular weight excluding hydrogens is 425 g/mol. The van der Waals surface area contributed by atoms with Crippen LogP contribution in [0.3, 0.4) is 0 Å². The number of methoxy groups -OCH3 is 1. The Morgan fingerprint density at radius 2 is 1.42 bits per heavy atom. The highest BCUT2D eigenvalue weighted by atomic mass is 19.2. The average Bonchev–Trinajstić information content (AvgIpc) is 2.85. The predicted molar refractivity (Wildman–Crippen MR) is 126 cm³/mol. The molecule has 4 rings (SSSR count). The molecule has 0 heterocycles. The molecule has 1 aliphatic rings. The van der Waals surface area contributed by atoms with Crippen LogP contribution in [0.15, 0.2) is 79.1 Å². The monoisotopic (exact) mass is 450 g/mol. The summed E-state index contributed by atoms with van der Waals surface area (Å²) < 4.78 is 54.5. The van der Waals surface area contributed by atoms with Gasteiger partial charge in [-0.3, -0.25) is 0 Å². The predicted octanol–water partition coefficient (Wildman–Crippen LogP) is 7.60. The fourth-order valence-electron chi connectivity index (χ4n) is 4.01. The van der Waals surface area contributed by atoms with E-state index >= 15 is 0 Å². The Bertz CT molecular complexity index is 1150. The molecule has 2 nitrogen and oxygen atoms in total. The van der Waals surface area contributed by atoms with Gasteiger partial charge in [-0.15, -0.1) is 0 Å². The van der Waals surface area contributed by atoms with Crippen LogP contribution in [0.1, 0.15) is 18.4 Å². The molecule has 0 N–H and O–H groups in total. The third-order valence-electron chi connectivity index (χ3n) is 5.96. The molecule has 3 aromatic rings. The van der Waals surface area contributed by atoms with Crippen LogP contribution in [0.2, 0.25) is 0 Å². The zero-order valence-electron chi connectivity index (χ0n) is 18.4. The highest BCUT2D eigenvalue weighted by molar-refractivity contribution is 5.72. The minimum absolute atomic E-state index is 0.0318. The molecule has 0 fully saturated rings. The number of halogens is 3. The summed E-state index contributed by atoms with van der Waals surface area (Å²) in [6.07, 6.45) is 4.17. The zero-order chi connectivity index (χ0) is 23.4. The third-order valence-corrected chi connectivity index (χ3v) is 5.96. The lowest BCUT2D eigenvalue weighted by Gasteiger charge is -2.23. The number of benzene rings is 3. The fourth-order valence-corrected chi connectivity index (χ4v) is 4.01. The van der Waals surface area contributed by atoms with Gasteiger partial charge in [0.05, 0.1) is 6.61 Å². The van der Waals surface area contributed by atoms with Crippen LogP contribution in [0.5, 0.6) is 5.75 Å². The maximum absolute atomic E-state index is 14.9. The van der Waals surface area contributed by atoms with Crippen molar-refractivity contribution in [2.45, 2.75) is 18.9 Å². The van der Waals surface area contributed by atoms with Crippen molar-refractivity contribution in [3.63, 3.8) is 0 Å². The van der Waals surface area contributed by atoms with Crippen LogP contribution in [-0.4, -0.2) is 19.8 Å². The van der Waals surface area contributed by atoms with Gasteiger partial charge in [0.1, 0.15) is 17.7 Å². The molecule has 3 aromatic carbocycles. The van der Waals surface area contributed by atoms with Gasteiger partial charge in [-0.1, -0.05) is 61.2 Å². The highest BCUT2D eigenvalue weighted by Crippen LogP contribution is 2.33. The van der Waals surface area contributed by atoms with Crippen molar-refractivity contribution in [1.29, 1.82) is 0 Å². The van der Waals surface area contributed by atoms with Crippen molar-refractivity contribution in [2.75, 3.05) is 13.7 Å². The molecule has 33 heavy (non-hydrogen) atoms. The second kappa shape index (κ2) is 10.1. The van der Waals surface area contributed by atoms with E-state index in [9.17, 15) is 13.2 Å². The zero-order valence-corrected chi connectivity index (χ0v) is 18.4. The quantitative estimate of drug-likeness (QED) is 0.369. The van der Waals surface area contributed by atoms with E-state index in [1.54, 1.807) is 72.8 Å². The topological polar surface area (TPSA) is 18.5 Å². The van der Waals surface area contributed by atoms with Crippen LogP contribution >= 0.6 is 0 Å². The lowest BCUT2D eigenvalue weighted by atomic mass is 9.94. The summed E-state index contributed by atoms with van der Waals surface area (Å²) in [5.74, 6) is -1.49. The van der Waals surface area contributed by atoms with E-state index in [0.29, 0.717) is 29.9 Å². The van der Waals surface area contributed by atoms with E-state index < -0.39 is 17.7 Å². The molecule has 1 aliphatic carbocycles. The van der Waals surface area contributed by atoms with Gasteiger partial charge in [0.25, 0.3) is 0 Å². The molecule has 0 bridgehead atoms. The van der Waals surface area contributed by atoms with Gasteiger partial charge in [-0.25, -0.2) is 13.2 Å². The van der Waals surface area contributed by atoms with Gasteiger partial charge < -0.3 is 9.47 Å². The lowest BCUT2D eigenvalue weighted by molar-refractivity contribution is 0.0874. The normalized spacial score (nSPS) is 18.0. The number of ether oxygens (including phenoxy) is 2. The smallest absolute Gasteiger partial charge is 0.167 e. The van der Waals surface area contributed by atoms with Gasteiger partial charge in [0, 0.05) is 24.2 Å². The molecule has 0 saturated carbocycles. The molecule has 0 aliphatic heterocycles. The summed E-state index contributed by atoms with van der Waals surface area (Å²) in [7, 11) is 1.50. The molecule has 170 valence electrons. The molecule has 5 heteroatoms. The van der Waals surface area contributed by atoms with Crippen molar-refractivity contribution in [1.82, 2.24) is 0 Å². The van der Waals surface area contributed by atoms with E-state index in [1.165, 1.54) is 7.11 Å². The SMILES string of the molecule is C=Cc1ccc(-c2ccc(-c3ccc(OCC4C=C(F)C(OC)CC4)cc3)c(F)c2F)cc1. The summed E-state index contributed by atoms with van der Waals surface area (Å²) in [4.78, 5) is 0. The lowest BCUT2D eigenvalue weighted by Crippen LogP contribution is -2.22. The summed E-state index contributed by atoms with van der Waals surface area (Å²) in [6.45, 7) is 4.03. The first-order valence-corrected chi connectivity index (χ1v) is 10.8.